The average Bonchev–Trinajstić information content (AvgIpc) is 1.41. The van der Waals surface area contributed by atoms with Gasteiger partial charge in [-0.05, 0) is 69.1 Å². The molecule has 0 aliphatic rings. The highest BCUT2D eigenvalue weighted by atomic mass is 31.2. The van der Waals surface area contributed by atoms with E-state index < -0.39 is 97.5 Å². The fourth-order valence-electron chi connectivity index (χ4n) is 11.0. The Morgan fingerprint density at radius 1 is 0.347 bits per heavy atom. The van der Waals surface area contributed by atoms with Crippen molar-refractivity contribution in [3.05, 3.63) is 24.3 Å². The second kappa shape index (κ2) is 66.1. The first-order chi connectivity index (χ1) is 45.8. The molecule has 560 valence electrons. The molecule has 19 heteroatoms. The van der Waals surface area contributed by atoms with Crippen LogP contribution in [0.2, 0.25) is 0 Å². The van der Waals surface area contributed by atoms with Crippen LogP contribution in [0.1, 0.15) is 363 Å². The molecule has 0 radical (unpaired) electrons. The summed E-state index contributed by atoms with van der Waals surface area (Å²) in [5.41, 5.74) is 0. The number of phosphoric acid groups is 2. The third-order valence-corrected chi connectivity index (χ3v) is 19.3. The Morgan fingerprint density at radius 2 is 0.621 bits per heavy atom. The summed E-state index contributed by atoms with van der Waals surface area (Å²) < 4.78 is 68.4. The van der Waals surface area contributed by atoms with Crippen molar-refractivity contribution >= 4 is 39.5 Å². The van der Waals surface area contributed by atoms with Gasteiger partial charge in [-0.25, -0.2) is 9.13 Å². The van der Waals surface area contributed by atoms with E-state index >= 15 is 0 Å². The lowest BCUT2D eigenvalue weighted by molar-refractivity contribution is -0.161. The van der Waals surface area contributed by atoms with Crippen LogP contribution in [0, 0.1) is 17.8 Å². The maximum absolute atomic E-state index is 13.1. The summed E-state index contributed by atoms with van der Waals surface area (Å²) in [7, 11) is -9.92. The van der Waals surface area contributed by atoms with Crippen LogP contribution in [0.15, 0.2) is 24.3 Å². The van der Waals surface area contributed by atoms with Crippen LogP contribution in [-0.2, 0) is 65.4 Å². The van der Waals surface area contributed by atoms with Crippen molar-refractivity contribution in [2.75, 3.05) is 39.6 Å². The van der Waals surface area contributed by atoms with Crippen LogP contribution in [0.5, 0.6) is 0 Å². The van der Waals surface area contributed by atoms with E-state index in [-0.39, 0.29) is 25.7 Å². The van der Waals surface area contributed by atoms with Gasteiger partial charge in [0.25, 0.3) is 0 Å². The first-order valence-electron chi connectivity index (χ1n) is 38.7. The van der Waals surface area contributed by atoms with E-state index in [2.05, 4.69) is 72.8 Å². The molecule has 0 aliphatic carbocycles. The molecule has 0 aliphatic heterocycles. The number of hydrogen-bond acceptors (Lipinski definition) is 15. The number of phosphoric ester groups is 2. The van der Waals surface area contributed by atoms with Gasteiger partial charge in [0, 0.05) is 25.7 Å². The summed E-state index contributed by atoms with van der Waals surface area (Å²) in [4.78, 5) is 72.7. The molecule has 0 bridgehead atoms. The fourth-order valence-corrected chi connectivity index (χ4v) is 12.6. The van der Waals surface area contributed by atoms with Gasteiger partial charge in [0.1, 0.15) is 19.3 Å². The molecule has 0 heterocycles. The van der Waals surface area contributed by atoms with Gasteiger partial charge in [0.15, 0.2) is 12.2 Å². The highest BCUT2D eigenvalue weighted by molar-refractivity contribution is 7.47. The molecule has 0 fully saturated rings. The Labute approximate surface area is 580 Å². The average molecular weight is 1390 g/mol. The molecule has 3 unspecified atom stereocenters. The zero-order valence-electron chi connectivity index (χ0n) is 61.6. The number of esters is 4. The molecular weight excluding hydrogens is 1250 g/mol. The molecule has 0 aromatic carbocycles. The van der Waals surface area contributed by atoms with E-state index in [1.807, 2.05) is 0 Å². The summed E-state index contributed by atoms with van der Waals surface area (Å²) in [6.45, 7) is 11.8. The minimum Gasteiger partial charge on any atom is -0.462 e. The van der Waals surface area contributed by atoms with Gasteiger partial charge in [0.2, 0.25) is 0 Å². The number of hydrogen-bond donors (Lipinski definition) is 3. The highest BCUT2D eigenvalue weighted by Crippen LogP contribution is 2.45. The number of rotatable bonds is 72. The van der Waals surface area contributed by atoms with E-state index in [0.717, 1.165) is 121 Å². The Kier molecular flexibility index (Phi) is 64.4. The minimum absolute atomic E-state index is 0.0837. The summed E-state index contributed by atoms with van der Waals surface area (Å²) >= 11 is 0. The van der Waals surface area contributed by atoms with Gasteiger partial charge < -0.3 is 33.8 Å². The monoisotopic (exact) mass is 1390 g/mol. The molecule has 0 aromatic rings. The van der Waals surface area contributed by atoms with Crippen molar-refractivity contribution in [2.24, 2.45) is 17.8 Å². The van der Waals surface area contributed by atoms with Crippen molar-refractivity contribution in [1.82, 2.24) is 0 Å². The molecule has 95 heavy (non-hydrogen) atoms. The number of unbranched alkanes of at least 4 members (excludes halogenated alkanes) is 36. The van der Waals surface area contributed by atoms with Crippen LogP contribution < -0.4 is 0 Å². The predicted molar refractivity (Wildman–Crippen MR) is 386 cm³/mol. The van der Waals surface area contributed by atoms with Crippen LogP contribution >= 0.6 is 15.6 Å². The Bertz CT molecular complexity index is 1950. The zero-order chi connectivity index (χ0) is 70.1. The van der Waals surface area contributed by atoms with Gasteiger partial charge in [-0.2, -0.15) is 0 Å². The van der Waals surface area contributed by atoms with Gasteiger partial charge >= 0.3 is 39.5 Å². The van der Waals surface area contributed by atoms with Crippen molar-refractivity contribution in [3.8, 4) is 0 Å². The lowest BCUT2D eigenvalue weighted by Crippen LogP contribution is -2.30. The van der Waals surface area contributed by atoms with E-state index in [4.69, 9.17) is 37.0 Å². The van der Waals surface area contributed by atoms with Gasteiger partial charge in [-0.3, -0.25) is 37.3 Å². The third-order valence-electron chi connectivity index (χ3n) is 17.4. The summed E-state index contributed by atoms with van der Waals surface area (Å²) in [6, 6.07) is 0. The van der Waals surface area contributed by atoms with Crippen molar-refractivity contribution in [2.45, 2.75) is 381 Å². The number of ether oxygens (including phenoxy) is 4. The zero-order valence-corrected chi connectivity index (χ0v) is 63.4. The Morgan fingerprint density at radius 3 is 0.937 bits per heavy atom. The van der Waals surface area contributed by atoms with Crippen LogP contribution in [0.25, 0.3) is 0 Å². The van der Waals surface area contributed by atoms with Crippen LogP contribution in [0.3, 0.4) is 0 Å². The maximum atomic E-state index is 13.1. The van der Waals surface area contributed by atoms with E-state index in [1.54, 1.807) is 0 Å². The quantitative estimate of drug-likeness (QED) is 0.0169. The highest BCUT2D eigenvalue weighted by Gasteiger charge is 2.30. The van der Waals surface area contributed by atoms with E-state index in [9.17, 15) is 43.2 Å². The number of aliphatic hydroxyl groups is 1. The number of allylic oxidation sites excluding steroid dienone is 4. The first kappa shape index (κ1) is 92.5. The molecule has 0 amide bonds. The number of carbonyl (C=O) groups is 4. The third kappa shape index (κ3) is 68.5. The molecule has 17 nitrogen and oxygen atoms in total. The molecule has 3 N–H and O–H groups in total. The molecule has 0 spiro atoms. The van der Waals surface area contributed by atoms with Crippen molar-refractivity contribution in [3.63, 3.8) is 0 Å². The topological polar surface area (TPSA) is 237 Å². The van der Waals surface area contributed by atoms with E-state index in [0.29, 0.717) is 31.6 Å². The van der Waals surface area contributed by atoms with Crippen LogP contribution in [-0.4, -0.2) is 96.7 Å². The number of aliphatic hydroxyl groups excluding tert-OH is 1. The summed E-state index contributed by atoms with van der Waals surface area (Å²) in [5.74, 6) is 0.127. The Balaban J connectivity index is 5.27. The van der Waals surface area contributed by atoms with Crippen LogP contribution in [0.4, 0.5) is 0 Å². The molecule has 0 saturated carbocycles. The lowest BCUT2D eigenvalue weighted by Gasteiger charge is -2.21. The summed E-state index contributed by atoms with van der Waals surface area (Å²) in [6.07, 6.45) is 55.0. The van der Waals surface area contributed by atoms with E-state index in [1.165, 1.54) is 154 Å². The Hall–Kier alpha value is -2.46. The second-order valence-corrected chi connectivity index (χ2v) is 30.8. The smallest absolute Gasteiger partial charge is 0.462 e. The number of carbonyl (C=O) groups excluding carboxylic acids is 4. The van der Waals surface area contributed by atoms with Crippen molar-refractivity contribution in [1.29, 1.82) is 0 Å². The molecule has 0 aromatic heterocycles. The standard InChI is InChI=1S/C76H144O17P2/c1-8-10-11-12-13-14-15-16-17-21-24-31-36-45-52-60-76(81)93-72(64-87-74(79)58-51-44-39-38-41-48-55-68(5)6)66-91-95(84,85)89-62-70(77)61-88-94(82,83)90-65-71(63-86-73(78)57-50-43-35-30-27-26-28-33-40-47-54-67(3)4)92-75(80)59-53-46-37-32-25-22-19-18-20-23-29-34-42-49-56-69(7)9-2/h14-17,67-72,77H,8-13,18-66H2,1-7H3,(H,82,83)(H,84,85)/b15-14-,17-16-/t69?,70-,71-,72-/m1/s1. The SMILES string of the molecule is CCCCCC/C=C\C=C/CCCCCCCC(=O)O[C@H](COC(=O)CCCCCCCCC(C)C)COP(=O)(O)OC[C@H](O)COP(=O)(O)OC[C@@H](COC(=O)CCCCCCCCCCCCC(C)C)OC(=O)CCCCCCCCCCCCCCCCC(C)CC. The van der Waals surface area contributed by atoms with Crippen molar-refractivity contribution < 1.29 is 80.2 Å². The fraction of sp³-hybridized carbons (Fsp3) is 0.895. The molecule has 0 saturated heterocycles. The first-order valence-corrected chi connectivity index (χ1v) is 41.7. The summed E-state index contributed by atoms with van der Waals surface area (Å²) in [5, 5.41) is 10.6. The van der Waals surface area contributed by atoms with Gasteiger partial charge in [-0.1, -0.05) is 310 Å². The maximum Gasteiger partial charge on any atom is 0.472 e. The molecule has 6 atom stereocenters. The van der Waals surface area contributed by atoms with Gasteiger partial charge in [-0.15, -0.1) is 0 Å². The largest absolute Gasteiger partial charge is 0.472 e. The lowest BCUT2D eigenvalue weighted by atomic mass is 9.99. The molecule has 0 rings (SSSR count). The minimum atomic E-state index is -4.96. The predicted octanol–water partition coefficient (Wildman–Crippen LogP) is 21.7. The normalized spacial score (nSPS) is 14.5. The molecular formula is C76H144O17P2. The van der Waals surface area contributed by atoms with Gasteiger partial charge in [0.05, 0.1) is 26.4 Å². The second-order valence-electron chi connectivity index (χ2n) is 27.9.